The van der Waals surface area contributed by atoms with Crippen LogP contribution >= 0.6 is 0 Å². The second kappa shape index (κ2) is 24.3. The molecule has 524 valence electrons. The number of benzene rings is 12. The molecule has 10 nitrogen and oxygen atoms in total. The predicted octanol–water partition coefficient (Wildman–Crippen LogP) is 24.1. The largest absolute Gasteiger partial charge is 0.294 e. The average Bonchev–Trinajstić information content (AvgIpc) is 0.766. The van der Waals surface area contributed by atoms with Crippen molar-refractivity contribution < 1.29 is 67.6 Å². The van der Waals surface area contributed by atoms with Gasteiger partial charge in [0.1, 0.15) is 5.82 Å². The van der Waals surface area contributed by atoms with Crippen LogP contribution in [0.4, 0.5) is 17.3 Å². The minimum atomic E-state index is -4.95. The van der Waals surface area contributed by atoms with E-state index in [-0.39, 0.29) is 62.8 Å². The Morgan fingerprint density at radius 3 is 1.42 bits per heavy atom. The van der Waals surface area contributed by atoms with Crippen molar-refractivity contribution in [3.05, 3.63) is 319 Å². The molecular weight excluding hydrogens is 1320 g/mol. The maximum atomic E-state index is 10.7. The number of fused-ring (bicyclic) bond motifs is 12. The van der Waals surface area contributed by atoms with E-state index in [9.17, 15) is 35.6 Å². The van der Waals surface area contributed by atoms with Crippen molar-refractivity contribution >= 4 is 93.8 Å². The highest BCUT2D eigenvalue weighted by molar-refractivity contribution is 6.12. The molecule has 10 heteroatoms. The van der Waals surface area contributed by atoms with Crippen molar-refractivity contribution in [2.24, 2.45) is 0 Å². The van der Waals surface area contributed by atoms with Crippen molar-refractivity contribution in [1.82, 2.24) is 38.2 Å². The highest BCUT2D eigenvalue weighted by atomic mass is 15.4. The van der Waals surface area contributed by atoms with Gasteiger partial charge in [0.2, 0.25) is 17.8 Å². The first-order chi connectivity index (χ1) is 71.3. The minimum Gasteiger partial charge on any atom is -0.294 e. The van der Waals surface area contributed by atoms with Gasteiger partial charge in [0.25, 0.3) is 6.33 Å². The van der Waals surface area contributed by atoms with Gasteiger partial charge < -0.3 is 0 Å². The molecule has 6 heterocycles. The summed E-state index contributed by atoms with van der Waals surface area (Å²) < 4.78 is 440. The number of nitrogens with zero attached hydrogens (tertiary/aromatic N) is 10. The molecule has 12 aromatic carbocycles. The highest BCUT2D eigenvalue weighted by Gasteiger charge is 2.40. The van der Waals surface area contributed by atoms with Crippen molar-refractivity contribution in [3.63, 3.8) is 0 Å². The first-order valence-corrected chi connectivity index (χ1v) is 34.0. The smallest absolute Gasteiger partial charge is 0.269 e. The van der Waals surface area contributed by atoms with Crippen LogP contribution in [0.3, 0.4) is 0 Å². The third-order valence-corrected chi connectivity index (χ3v) is 19.9. The number of para-hydroxylation sites is 8. The van der Waals surface area contributed by atoms with Crippen LogP contribution in [0, 0.1) is 13.2 Å². The fourth-order valence-electron chi connectivity index (χ4n) is 15.0. The zero-order valence-corrected chi connectivity index (χ0v) is 56.3. The Bertz CT molecular complexity index is 8460. The Hall–Kier alpha value is -12.5. The summed E-state index contributed by atoms with van der Waals surface area (Å²) in [6.45, 7) is -40.3. The third kappa shape index (κ3) is 10.2. The molecule has 2 aliphatic carbocycles. The second-order valence-electron chi connectivity index (χ2n) is 26.4. The number of hydrogen-bond donors (Lipinski definition) is 0. The molecule has 0 bridgehead atoms. The Morgan fingerprint density at radius 2 is 0.889 bits per heavy atom. The van der Waals surface area contributed by atoms with E-state index in [2.05, 4.69) is 6.33 Å². The molecule has 0 N–H and O–H groups in total. The molecule has 0 amide bonds. The lowest BCUT2D eigenvalue weighted by atomic mass is 9.62. The molecule has 2 aliphatic rings. The van der Waals surface area contributed by atoms with E-state index in [1.54, 1.807) is 58.0 Å². The van der Waals surface area contributed by atoms with Gasteiger partial charge in [-0.3, -0.25) is 27.7 Å². The number of pyridine rings is 1. The van der Waals surface area contributed by atoms with Crippen LogP contribution in [0.1, 0.15) is 171 Å². The summed E-state index contributed by atoms with van der Waals surface area (Å²) >= 11 is 0. The van der Waals surface area contributed by atoms with Gasteiger partial charge in [-0.05, 0) is 176 Å². The Balaban J connectivity index is 0.936. The van der Waals surface area contributed by atoms with Crippen molar-refractivity contribution in [2.45, 2.75) is 109 Å². The molecule has 0 saturated carbocycles. The van der Waals surface area contributed by atoms with E-state index in [0.29, 0.717) is 38.4 Å². The lowest BCUT2D eigenvalue weighted by molar-refractivity contribution is -0.571. The standard InChI is InChI=1S/C98H82N10/c1-62-55-90(99-60-77(62)63-27-11-10-12-28-63)106-82-38-18-13-35-75(82)76-48-47-68(59-89(76)106)105(92-100-93(107-83-39-19-14-31-71(83)72-32-15-20-40-84(72)107)102-94(101-92)108-85-41-21-16-33-73(85)74-34-17-22-42-86(74)108)67-30-25-29-66(58-67)103-61-104(88-44-24-23-43-87(88)103)91-69(64-45-49-78-80(56-64)97(6,7)53-51-95(78,2)3)36-26-37-70(91)65-46-50-79-81(57-65)98(8,9)54-52-96(79,4)5/h10-50,55-60H,51-54H2,1-9H3/i1D3,2D3,3D3,4D3,5D3,6D3,7D3,8D3,9D3,10D,11D,12D,27D,28D,45D,46D,49D,50D,51D2,52D2,53D2,54D2,56D,57D. The molecule has 18 aromatic rings. The maximum Gasteiger partial charge on any atom is 0.269 e. The molecule has 6 aromatic heterocycles. The fraction of sp³-hybridized carbons (Fsp3) is 0.173. The van der Waals surface area contributed by atoms with E-state index >= 15 is 0 Å². The van der Waals surface area contributed by atoms with Gasteiger partial charge in [0, 0.05) is 97.7 Å². The number of rotatable bonds is 11. The van der Waals surface area contributed by atoms with Crippen LogP contribution in [0.5, 0.6) is 0 Å². The van der Waals surface area contributed by atoms with Gasteiger partial charge in [0.05, 0.1) is 76.3 Å². The van der Waals surface area contributed by atoms with Gasteiger partial charge in [-0.25, -0.2) is 4.98 Å². The Morgan fingerprint density at radius 1 is 0.417 bits per heavy atom. The molecule has 0 spiro atoms. The summed E-state index contributed by atoms with van der Waals surface area (Å²) in [6.07, 6.45) is -15.4. The number of anilines is 3. The van der Waals surface area contributed by atoms with Crippen LogP contribution < -0.4 is 9.47 Å². The second-order valence-corrected chi connectivity index (χ2v) is 26.4. The monoisotopic (exact) mass is 1440 g/mol. The van der Waals surface area contributed by atoms with Crippen molar-refractivity contribution in [3.8, 4) is 62.5 Å². The average molecular weight is 1450 g/mol. The number of aromatic nitrogens is 9. The molecule has 0 saturated heterocycles. The quantitative estimate of drug-likeness (QED) is 0.0952. The van der Waals surface area contributed by atoms with Gasteiger partial charge in [-0.2, -0.15) is 15.0 Å². The van der Waals surface area contributed by atoms with Gasteiger partial charge in [0.15, 0.2) is 0 Å². The highest BCUT2D eigenvalue weighted by Crippen LogP contribution is 2.51. The van der Waals surface area contributed by atoms with Crippen LogP contribution in [0.25, 0.3) is 139 Å². The third-order valence-electron chi connectivity index (χ3n) is 19.9. The Kier molecular flexibility index (Phi) is 7.43. The molecule has 0 atom stereocenters. The lowest BCUT2D eigenvalue weighted by Crippen LogP contribution is -2.34. The topological polar surface area (TPSA) is 78.4 Å². The first kappa shape index (κ1) is 33.1. The SMILES string of the molecule is [2H]c1c([2H])c([2H])c(-c2cnc(-n3c4ccccc4c4ccc(N(c5cccc(-n6[c-][n+](-c7c(-c8c([2H])c([2H])c9c(c8[2H])C(C([2H])([2H])[2H])(C([2H])([2H])[2H])C([2H])([2H])C([2H])([2H])C9(C([2H])([2H])[2H])C([2H])([2H])[2H])cccc7-c7c([2H])c([2H])c8c(c7[2H])C(C([2H])([2H])[2H])(C([2H])([2H])[2H])C([2H])([2H])C([2H])([2H])C8(C([2H])([2H])[2H])C([2H])([2H])[2H])c7ccccc76)c5)c5nc(-n6c7ccccc7c7ccccc76)nc(-n6c7ccccc7c7ccccc76)n5)cc43)cc2C([2H])([2H])[2H])c([2H])c1[2H]. The van der Waals surface area contributed by atoms with E-state index in [0.717, 1.165) is 50.5 Å². The van der Waals surface area contributed by atoms with Gasteiger partial charge >= 0.3 is 0 Å². The fourth-order valence-corrected chi connectivity index (χ4v) is 15.0. The molecule has 20 rings (SSSR count). The summed E-state index contributed by atoms with van der Waals surface area (Å²) in [6, 6.07) is 42.8. The lowest BCUT2D eigenvalue weighted by Gasteiger charge is -2.42. The summed E-state index contributed by atoms with van der Waals surface area (Å²) in [5.41, 5.74) is -31.2. The molecule has 0 unspecified atom stereocenters. The van der Waals surface area contributed by atoms with Gasteiger partial charge in [-0.15, -0.1) is 0 Å². The normalized spacial score (nSPS) is 24.2. The zero-order valence-electron chi connectivity index (χ0n) is 102. The summed E-state index contributed by atoms with van der Waals surface area (Å²) in [5, 5.41) is 4.08. The van der Waals surface area contributed by atoms with Crippen LogP contribution in [-0.4, -0.2) is 38.2 Å². The minimum absolute atomic E-state index is 0.00491. The van der Waals surface area contributed by atoms with Crippen LogP contribution in [0.15, 0.2) is 285 Å². The molecule has 0 aliphatic heterocycles. The number of hydrogen-bond acceptors (Lipinski definition) is 5. The molecular formula is C98H82N10. The number of aryl methyl sites for hydroxylation is 1. The first-order valence-electron chi connectivity index (χ1n) is 57.0. The van der Waals surface area contributed by atoms with E-state index < -0.39 is 237 Å². The summed E-state index contributed by atoms with van der Waals surface area (Å²) in [4.78, 5) is 22.9. The molecule has 0 radical (unpaired) electrons. The summed E-state index contributed by atoms with van der Waals surface area (Å²) in [5.74, 6) is -0.282. The molecule has 108 heavy (non-hydrogen) atoms. The Labute approximate surface area is 693 Å². The van der Waals surface area contributed by atoms with Crippen molar-refractivity contribution in [1.29, 1.82) is 0 Å². The van der Waals surface area contributed by atoms with Crippen LogP contribution in [-0.2, 0) is 21.7 Å². The predicted molar refractivity (Wildman–Crippen MR) is 444 cm³/mol. The molecule has 0 fully saturated rings. The zero-order chi connectivity index (χ0) is 112. The van der Waals surface area contributed by atoms with E-state index in [1.165, 1.54) is 53.1 Å². The van der Waals surface area contributed by atoms with E-state index in [4.69, 9.17) is 47.4 Å². The maximum absolute atomic E-state index is 10.7. The van der Waals surface area contributed by atoms with Crippen molar-refractivity contribution in [2.75, 3.05) is 4.90 Å². The number of imidazole rings is 1. The van der Waals surface area contributed by atoms with Gasteiger partial charge in [-0.1, -0.05) is 267 Å². The van der Waals surface area contributed by atoms with E-state index in [1.807, 2.05) is 106 Å². The summed E-state index contributed by atoms with van der Waals surface area (Å²) in [7, 11) is 0. The van der Waals surface area contributed by atoms with Crippen LogP contribution in [0.2, 0.25) is 0 Å².